The molecule has 8 heteroatoms. The summed E-state index contributed by atoms with van der Waals surface area (Å²) in [6.07, 6.45) is 7.67. The van der Waals surface area contributed by atoms with E-state index >= 15 is 0 Å². The van der Waals surface area contributed by atoms with Crippen molar-refractivity contribution >= 4 is 16.7 Å². The Morgan fingerprint density at radius 3 is 2.93 bits per heavy atom. The van der Waals surface area contributed by atoms with Crippen LogP contribution in [0.4, 0.5) is 0 Å². The van der Waals surface area contributed by atoms with Crippen molar-refractivity contribution in [2.45, 2.75) is 26.3 Å². The normalized spacial score (nSPS) is 15.5. The predicted molar refractivity (Wildman–Crippen MR) is 106 cm³/mol. The number of rotatable bonds is 4. The summed E-state index contributed by atoms with van der Waals surface area (Å²) in [5, 5.41) is 7.72. The SMILES string of the molecule is COc1ncnn2ccc(-c3cnc4nc(C)n(CC5CCNCC5)c4c3)c12. The molecular formula is C20H23N7O. The molecule has 0 saturated carbocycles. The van der Waals surface area contributed by atoms with Gasteiger partial charge in [0.2, 0.25) is 5.88 Å². The number of imidazole rings is 1. The van der Waals surface area contributed by atoms with Crippen molar-refractivity contribution in [1.29, 1.82) is 0 Å². The molecule has 0 atom stereocenters. The van der Waals surface area contributed by atoms with E-state index in [4.69, 9.17) is 4.74 Å². The fourth-order valence-corrected chi connectivity index (χ4v) is 4.13. The molecule has 0 bridgehead atoms. The van der Waals surface area contributed by atoms with Crippen molar-refractivity contribution in [1.82, 2.24) is 34.4 Å². The first-order chi connectivity index (χ1) is 13.7. The topological polar surface area (TPSA) is 82.2 Å². The molecule has 4 aromatic heterocycles. The maximum absolute atomic E-state index is 5.45. The Hall–Kier alpha value is -3.00. The number of nitrogens with zero attached hydrogens (tertiary/aromatic N) is 6. The van der Waals surface area contributed by atoms with Crippen molar-refractivity contribution in [3.05, 3.63) is 36.7 Å². The lowest BCUT2D eigenvalue weighted by molar-refractivity contribution is 0.334. The summed E-state index contributed by atoms with van der Waals surface area (Å²) in [6, 6.07) is 4.20. The summed E-state index contributed by atoms with van der Waals surface area (Å²) in [5.41, 5.74) is 4.71. The van der Waals surface area contributed by atoms with Gasteiger partial charge in [-0.25, -0.2) is 14.5 Å². The summed E-state index contributed by atoms with van der Waals surface area (Å²) in [7, 11) is 1.62. The Bertz CT molecular complexity index is 1140. The van der Waals surface area contributed by atoms with Gasteiger partial charge in [-0.05, 0) is 50.9 Å². The standard InChI is InChI=1S/C20H23N7O/c1-13-25-19-17(26(13)11-14-3-6-21-7-4-14)9-15(10-22-19)16-5-8-27-18(16)20(28-2)23-12-24-27/h5,8-10,12,14,21H,3-4,6-7,11H2,1-2H3. The van der Waals surface area contributed by atoms with Gasteiger partial charge in [-0.3, -0.25) is 0 Å². The second-order valence-electron chi connectivity index (χ2n) is 7.32. The highest BCUT2D eigenvalue weighted by Crippen LogP contribution is 2.32. The second-order valence-corrected chi connectivity index (χ2v) is 7.32. The van der Waals surface area contributed by atoms with E-state index in [9.17, 15) is 0 Å². The van der Waals surface area contributed by atoms with Crippen LogP contribution in [-0.2, 0) is 6.54 Å². The fourth-order valence-electron chi connectivity index (χ4n) is 4.13. The Morgan fingerprint density at radius 1 is 1.25 bits per heavy atom. The summed E-state index contributed by atoms with van der Waals surface area (Å²) in [4.78, 5) is 13.6. The highest BCUT2D eigenvalue weighted by molar-refractivity contribution is 5.87. The molecule has 0 aromatic carbocycles. The van der Waals surface area contributed by atoms with Crippen LogP contribution in [0, 0.1) is 12.8 Å². The van der Waals surface area contributed by atoms with E-state index in [1.165, 1.54) is 19.2 Å². The number of hydrogen-bond donors (Lipinski definition) is 1. The van der Waals surface area contributed by atoms with Crippen molar-refractivity contribution < 1.29 is 4.74 Å². The van der Waals surface area contributed by atoms with Gasteiger partial charge in [-0.1, -0.05) is 0 Å². The average molecular weight is 377 g/mol. The number of pyridine rings is 1. The molecule has 1 aliphatic rings. The third-order valence-electron chi connectivity index (χ3n) is 5.62. The van der Waals surface area contributed by atoms with Gasteiger partial charge >= 0.3 is 0 Å². The van der Waals surface area contributed by atoms with Gasteiger partial charge in [0.05, 0.1) is 12.6 Å². The van der Waals surface area contributed by atoms with Gasteiger partial charge in [-0.2, -0.15) is 10.1 Å². The van der Waals surface area contributed by atoms with Crippen molar-refractivity contribution in [2.75, 3.05) is 20.2 Å². The van der Waals surface area contributed by atoms with E-state index in [2.05, 4.69) is 42.9 Å². The first-order valence-corrected chi connectivity index (χ1v) is 9.65. The molecule has 1 fully saturated rings. The number of nitrogens with one attached hydrogen (secondary N) is 1. The van der Waals surface area contributed by atoms with Crippen LogP contribution in [0.15, 0.2) is 30.9 Å². The average Bonchev–Trinajstić information content (AvgIpc) is 3.30. The molecule has 0 unspecified atom stereocenters. The molecule has 0 spiro atoms. The summed E-state index contributed by atoms with van der Waals surface area (Å²) in [6.45, 7) is 5.23. The molecule has 1 saturated heterocycles. The van der Waals surface area contributed by atoms with Gasteiger partial charge in [0, 0.05) is 30.1 Å². The van der Waals surface area contributed by atoms with Gasteiger partial charge < -0.3 is 14.6 Å². The molecule has 0 aliphatic carbocycles. The largest absolute Gasteiger partial charge is 0.479 e. The van der Waals surface area contributed by atoms with E-state index in [0.29, 0.717) is 11.8 Å². The minimum absolute atomic E-state index is 0.550. The monoisotopic (exact) mass is 377 g/mol. The smallest absolute Gasteiger partial charge is 0.241 e. The quantitative estimate of drug-likeness (QED) is 0.588. The maximum Gasteiger partial charge on any atom is 0.241 e. The number of aromatic nitrogens is 6. The number of piperidine rings is 1. The maximum atomic E-state index is 5.45. The zero-order valence-corrected chi connectivity index (χ0v) is 16.1. The Morgan fingerprint density at radius 2 is 2.11 bits per heavy atom. The number of fused-ring (bicyclic) bond motifs is 2. The van der Waals surface area contributed by atoms with Gasteiger partial charge in [0.1, 0.15) is 17.7 Å². The van der Waals surface area contributed by atoms with Gasteiger partial charge in [0.25, 0.3) is 0 Å². The Kier molecular flexibility index (Phi) is 4.20. The van der Waals surface area contributed by atoms with Crippen molar-refractivity contribution in [3.63, 3.8) is 0 Å². The molecule has 4 aromatic rings. The van der Waals surface area contributed by atoms with E-state index in [0.717, 1.165) is 53.3 Å². The number of hydrogen-bond acceptors (Lipinski definition) is 6. The predicted octanol–water partition coefficient (Wildman–Crippen LogP) is 2.46. The zero-order chi connectivity index (χ0) is 19.1. The molecule has 0 amide bonds. The molecule has 144 valence electrons. The summed E-state index contributed by atoms with van der Waals surface area (Å²) in [5.74, 6) is 2.24. The van der Waals surface area contributed by atoms with Crippen molar-refractivity contribution in [3.8, 4) is 17.0 Å². The lowest BCUT2D eigenvalue weighted by atomic mass is 9.98. The van der Waals surface area contributed by atoms with Crippen LogP contribution in [0.3, 0.4) is 0 Å². The highest BCUT2D eigenvalue weighted by Gasteiger charge is 2.19. The fraction of sp³-hybridized carbons (Fsp3) is 0.400. The zero-order valence-electron chi connectivity index (χ0n) is 16.1. The highest BCUT2D eigenvalue weighted by atomic mass is 16.5. The van der Waals surface area contributed by atoms with Gasteiger partial charge in [-0.15, -0.1) is 0 Å². The second kappa shape index (κ2) is 6.87. The van der Waals surface area contributed by atoms with Crippen LogP contribution in [0.5, 0.6) is 5.88 Å². The minimum atomic E-state index is 0.550. The molecular weight excluding hydrogens is 354 g/mol. The molecule has 8 nitrogen and oxygen atoms in total. The number of ether oxygens (including phenoxy) is 1. The molecule has 28 heavy (non-hydrogen) atoms. The summed E-state index contributed by atoms with van der Waals surface area (Å²) < 4.78 is 9.54. The summed E-state index contributed by atoms with van der Waals surface area (Å²) >= 11 is 0. The first-order valence-electron chi connectivity index (χ1n) is 9.65. The Labute approximate surface area is 162 Å². The molecule has 1 aliphatic heterocycles. The van der Waals surface area contributed by atoms with E-state index in [1.54, 1.807) is 11.6 Å². The van der Waals surface area contributed by atoms with Crippen LogP contribution >= 0.6 is 0 Å². The first kappa shape index (κ1) is 17.1. The van der Waals surface area contributed by atoms with Crippen LogP contribution in [0.25, 0.3) is 27.8 Å². The van der Waals surface area contributed by atoms with E-state index in [-0.39, 0.29) is 0 Å². The molecule has 5 rings (SSSR count). The van der Waals surface area contributed by atoms with E-state index < -0.39 is 0 Å². The lowest BCUT2D eigenvalue weighted by Crippen LogP contribution is -2.30. The number of methoxy groups -OCH3 is 1. The third-order valence-corrected chi connectivity index (χ3v) is 5.62. The lowest BCUT2D eigenvalue weighted by Gasteiger charge is -2.23. The Balaban J connectivity index is 1.61. The van der Waals surface area contributed by atoms with Crippen LogP contribution in [-0.4, -0.2) is 49.3 Å². The van der Waals surface area contributed by atoms with Gasteiger partial charge in [0.15, 0.2) is 5.65 Å². The molecule has 5 heterocycles. The van der Waals surface area contributed by atoms with Crippen molar-refractivity contribution in [2.24, 2.45) is 5.92 Å². The van der Waals surface area contributed by atoms with Crippen LogP contribution in [0.2, 0.25) is 0 Å². The third kappa shape index (κ3) is 2.80. The van der Waals surface area contributed by atoms with Crippen LogP contribution < -0.4 is 10.1 Å². The van der Waals surface area contributed by atoms with E-state index in [1.807, 2.05) is 18.5 Å². The number of aryl methyl sites for hydroxylation is 1. The minimum Gasteiger partial charge on any atom is -0.479 e. The molecule has 0 radical (unpaired) electrons. The molecule has 1 N–H and O–H groups in total. The van der Waals surface area contributed by atoms with Crippen LogP contribution in [0.1, 0.15) is 18.7 Å².